The molecule has 2 aromatic rings. The number of nitrogens with zero attached hydrogens (tertiary/aromatic N) is 1. The normalized spacial score (nSPS) is 18.1. The van der Waals surface area contributed by atoms with E-state index in [-0.39, 0.29) is 50.2 Å². The molecule has 21 heteroatoms. The average molecular weight is 801 g/mol. The summed E-state index contributed by atoms with van der Waals surface area (Å²) in [5, 5.41) is 13.2. The highest BCUT2D eigenvalue weighted by atomic mass is 16.8. The molecule has 1 saturated heterocycles. The van der Waals surface area contributed by atoms with Crippen molar-refractivity contribution < 1.29 is 85.8 Å². The summed E-state index contributed by atoms with van der Waals surface area (Å²) in [5.74, 6) is -1.23. The predicted molar refractivity (Wildman–Crippen MR) is 190 cm³/mol. The lowest BCUT2D eigenvalue weighted by Crippen LogP contribution is -2.64. The average Bonchev–Trinajstić information content (AvgIpc) is 3.19. The molecule has 0 spiro atoms. The zero-order valence-electron chi connectivity index (χ0n) is 29.9. The number of non-ortho nitro benzene ring substituents is 1. The van der Waals surface area contributed by atoms with Crippen molar-refractivity contribution in [2.24, 2.45) is 0 Å². The van der Waals surface area contributed by atoms with Gasteiger partial charge in [-0.2, -0.15) is 0 Å². The molecule has 1 N–H and O–H groups in total. The van der Waals surface area contributed by atoms with Crippen molar-refractivity contribution in [2.45, 2.75) is 37.3 Å². The summed E-state index contributed by atoms with van der Waals surface area (Å²) in [6.45, 7) is 11.9. The number of benzene rings is 2. The molecule has 0 unspecified atom stereocenters. The van der Waals surface area contributed by atoms with Gasteiger partial charge in [0.1, 0.15) is 38.8 Å². The van der Waals surface area contributed by atoms with Gasteiger partial charge in [-0.05, 0) is 29.8 Å². The number of amides is 1. The van der Waals surface area contributed by atoms with Crippen LogP contribution in [-0.4, -0.2) is 98.7 Å². The number of anilines is 1. The highest BCUT2D eigenvalue weighted by Crippen LogP contribution is 2.31. The molecule has 304 valence electrons. The van der Waals surface area contributed by atoms with E-state index in [1.54, 1.807) is 0 Å². The number of hydrogen-bond donors (Lipinski definition) is 1. The van der Waals surface area contributed by atoms with Gasteiger partial charge in [-0.3, -0.25) is 15.4 Å². The van der Waals surface area contributed by atoms with E-state index in [0.717, 1.165) is 12.1 Å². The first-order chi connectivity index (χ1) is 27.4. The largest absolute Gasteiger partial charge is 0.514 e. The van der Waals surface area contributed by atoms with E-state index in [0.29, 0.717) is 5.56 Å². The minimum absolute atomic E-state index is 0.00598. The van der Waals surface area contributed by atoms with Gasteiger partial charge in [0.15, 0.2) is 18.3 Å². The highest BCUT2D eigenvalue weighted by molar-refractivity contribution is 5.85. The fraction of sp³-hybridized carbons (Fsp3) is 0.278. The molecule has 3 rings (SSSR count). The van der Waals surface area contributed by atoms with Gasteiger partial charge in [-0.15, -0.1) is 0 Å². The molecule has 1 amide bonds. The SMILES string of the molecule is C=CCOC(=O)O[C@@H]1[C@@H](OC(=O)OCC=C)[C@H](OC(=O)Nc2ccc(COC(=O)Oc3ccc([N+](=O)[O-])cc3)cc2)O[C@H](C(=O)OCC=C)[C@H]1OC(=O)OCC=C. The molecule has 1 heterocycles. The van der Waals surface area contributed by atoms with Gasteiger partial charge in [0.25, 0.3) is 5.69 Å². The Labute approximate surface area is 323 Å². The standard InChI is InChI=1S/C36H36N2O19/c1-5-17-47-30(39)28-26(54-33(41)48-18-6-2)27(55-34(42)49-19-7-3)29(56-35(43)50-20-8-4)31(53-28)57-32(40)37-23-11-9-22(10-12-23)21-51-36(44)52-25-15-13-24(14-16-25)38(45)46/h5-16,26-29,31H,1-4,17-21H2,(H,37,40)/t26-,27-,28-,29+,31-/m0/s1. The Bertz CT molecular complexity index is 1780. The van der Waals surface area contributed by atoms with Crippen LogP contribution in [0.3, 0.4) is 0 Å². The van der Waals surface area contributed by atoms with Gasteiger partial charge in [-0.1, -0.05) is 62.8 Å². The third kappa shape index (κ3) is 14.4. The number of nitro benzene ring substituents is 1. The lowest BCUT2D eigenvalue weighted by molar-refractivity contribution is -0.384. The van der Waals surface area contributed by atoms with Crippen LogP contribution < -0.4 is 10.1 Å². The number of nitro groups is 1. The minimum Gasteiger partial charge on any atom is -0.459 e. The van der Waals surface area contributed by atoms with Crippen molar-refractivity contribution in [3.8, 4) is 5.75 Å². The molecule has 21 nitrogen and oxygen atoms in total. The second-order valence-corrected chi connectivity index (χ2v) is 10.8. The summed E-state index contributed by atoms with van der Waals surface area (Å²) in [4.78, 5) is 86.7. The van der Waals surface area contributed by atoms with Crippen LogP contribution in [0.1, 0.15) is 5.56 Å². The monoisotopic (exact) mass is 800 g/mol. The van der Waals surface area contributed by atoms with Gasteiger partial charge < -0.3 is 52.1 Å². The number of hydrogen-bond acceptors (Lipinski definition) is 19. The molecule has 57 heavy (non-hydrogen) atoms. The van der Waals surface area contributed by atoms with E-state index in [4.69, 9.17) is 52.1 Å². The van der Waals surface area contributed by atoms with Crippen molar-refractivity contribution >= 4 is 48.1 Å². The topological polar surface area (TPSA) is 259 Å². The molecular weight excluding hydrogens is 764 g/mol. The zero-order valence-corrected chi connectivity index (χ0v) is 29.9. The molecular formula is C36H36N2O19. The van der Waals surface area contributed by atoms with Crippen LogP contribution in [0.25, 0.3) is 0 Å². The van der Waals surface area contributed by atoms with Gasteiger partial charge in [-0.25, -0.2) is 28.8 Å². The molecule has 0 radical (unpaired) electrons. The Kier molecular flexibility index (Phi) is 17.5. The molecule has 1 aliphatic heterocycles. The lowest BCUT2D eigenvalue weighted by Gasteiger charge is -2.42. The maximum absolute atomic E-state index is 13.2. The van der Waals surface area contributed by atoms with Crippen LogP contribution in [0.15, 0.2) is 99.2 Å². The molecule has 1 aliphatic rings. The van der Waals surface area contributed by atoms with Crippen molar-refractivity contribution in [2.75, 3.05) is 31.7 Å². The Morgan fingerprint density at radius 2 is 1.16 bits per heavy atom. The minimum atomic E-state index is -2.11. The van der Waals surface area contributed by atoms with Gasteiger partial charge in [0.05, 0.1) is 4.92 Å². The smallest absolute Gasteiger partial charge is 0.459 e. The van der Waals surface area contributed by atoms with Crippen molar-refractivity contribution in [3.05, 3.63) is 115 Å². The first-order valence-corrected chi connectivity index (χ1v) is 16.3. The van der Waals surface area contributed by atoms with Crippen LogP contribution in [-0.2, 0) is 58.8 Å². The number of ether oxygens (including phenoxy) is 11. The fourth-order valence-corrected chi connectivity index (χ4v) is 4.36. The Hall–Kier alpha value is -7.42. The Balaban J connectivity index is 1.83. The van der Waals surface area contributed by atoms with E-state index in [1.807, 2.05) is 0 Å². The maximum atomic E-state index is 13.2. The van der Waals surface area contributed by atoms with E-state index in [1.165, 1.54) is 60.7 Å². The highest BCUT2D eigenvalue weighted by Gasteiger charge is 2.57. The van der Waals surface area contributed by atoms with Crippen LogP contribution in [0.4, 0.5) is 35.3 Å². The third-order valence-corrected chi connectivity index (χ3v) is 6.75. The molecule has 1 fully saturated rings. The van der Waals surface area contributed by atoms with E-state index < -0.39 is 72.3 Å². The second kappa shape index (κ2) is 22.7. The molecule has 0 aliphatic carbocycles. The quantitative estimate of drug-likeness (QED) is 0.0491. The van der Waals surface area contributed by atoms with Crippen molar-refractivity contribution in [1.29, 1.82) is 0 Å². The van der Waals surface area contributed by atoms with Crippen molar-refractivity contribution in [3.63, 3.8) is 0 Å². The summed E-state index contributed by atoms with van der Waals surface area (Å²) in [7, 11) is 0. The van der Waals surface area contributed by atoms with Gasteiger partial charge in [0, 0.05) is 17.8 Å². The maximum Gasteiger partial charge on any atom is 0.514 e. The van der Waals surface area contributed by atoms with Gasteiger partial charge >= 0.3 is 36.7 Å². The zero-order chi connectivity index (χ0) is 41.7. The molecule has 0 aromatic heterocycles. The third-order valence-electron chi connectivity index (χ3n) is 6.75. The predicted octanol–water partition coefficient (Wildman–Crippen LogP) is 5.44. The van der Waals surface area contributed by atoms with E-state index in [9.17, 15) is 38.9 Å². The number of carbonyl (C=O) groups is 6. The number of carbonyl (C=O) groups excluding carboxylic acids is 6. The summed E-state index contributed by atoms with van der Waals surface area (Å²) >= 11 is 0. The summed E-state index contributed by atoms with van der Waals surface area (Å²) in [6.07, 6.45) is -12.1. The molecule has 2 aromatic carbocycles. The second-order valence-electron chi connectivity index (χ2n) is 10.8. The molecule has 0 saturated carbocycles. The van der Waals surface area contributed by atoms with Crippen LogP contribution in [0.5, 0.6) is 5.75 Å². The number of esters is 1. The first-order valence-electron chi connectivity index (χ1n) is 16.3. The lowest BCUT2D eigenvalue weighted by atomic mass is 9.98. The summed E-state index contributed by atoms with van der Waals surface area (Å²) in [6, 6.07) is 10.4. The molecule has 0 bridgehead atoms. The molecule has 5 atom stereocenters. The van der Waals surface area contributed by atoms with E-state index in [2.05, 4.69) is 31.6 Å². The summed E-state index contributed by atoms with van der Waals surface area (Å²) < 4.78 is 56.7. The van der Waals surface area contributed by atoms with Crippen molar-refractivity contribution in [1.82, 2.24) is 0 Å². The first kappa shape index (κ1) is 44.0. The van der Waals surface area contributed by atoms with Crippen LogP contribution in [0.2, 0.25) is 0 Å². The summed E-state index contributed by atoms with van der Waals surface area (Å²) in [5.41, 5.74) is 0.329. The van der Waals surface area contributed by atoms with Crippen LogP contribution in [0, 0.1) is 10.1 Å². The Morgan fingerprint density at radius 1 is 0.649 bits per heavy atom. The number of rotatable bonds is 18. The van der Waals surface area contributed by atoms with Gasteiger partial charge in [0.2, 0.25) is 12.4 Å². The number of nitrogens with one attached hydrogen (secondary N) is 1. The fourth-order valence-electron chi connectivity index (χ4n) is 4.36. The Morgan fingerprint density at radius 3 is 1.68 bits per heavy atom. The van der Waals surface area contributed by atoms with Crippen LogP contribution >= 0.6 is 0 Å². The van der Waals surface area contributed by atoms with E-state index >= 15 is 0 Å².